The fourth-order valence-corrected chi connectivity index (χ4v) is 3.27. The van der Waals surface area contributed by atoms with Crippen LogP contribution >= 0.6 is 0 Å². The normalized spacial score (nSPS) is 18.2. The van der Waals surface area contributed by atoms with Gasteiger partial charge in [0.05, 0.1) is 18.8 Å². The number of hydrogen-bond donors (Lipinski definition) is 1. The first kappa shape index (κ1) is 18.1. The molecule has 2 aliphatic rings. The number of benzene rings is 1. The van der Waals surface area contributed by atoms with Crippen molar-refractivity contribution in [2.75, 3.05) is 31.6 Å². The van der Waals surface area contributed by atoms with Gasteiger partial charge in [-0.05, 0) is 31.5 Å². The Morgan fingerprint density at radius 3 is 2.23 bits per heavy atom. The Morgan fingerprint density at radius 2 is 1.69 bits per heavy atom. The molecule has 0 atom stereocenters. The first-order valence-corrected chi connectivity index (χ1v) is 8.73. The van der Waals surface area contributed by atoms with Gasteiger partial charge in [-0.2, -0.15) is 0 Å². The summed E-state index contributed by atoms with van der Waals surface area (Å²) in [6.45, 7) is 7.31. The molecule has 0 bridgehead atoms. The van der Waals surface area contributed by atoms with E-state index in [0.717, 1.165) is 0 Å². The van der Waals surface area contributed by atoms with Crippen LogP contribution in [0.15, 0.2) is 30.0 Å². The number of rotatable bonds is 4. The fourth-order valence-electron chi connectivity index (χ4n) is 3.27. The summed E-state index contributed by atoms with van der Waals surface area (Å²) in [4.78, 5) is 40.4. The summed E-state index contributed by atoms with van der Waals surface area (Å²) in [5, 5.41) is 2.70. The first-order valence-electron chi connectivity index (χ1n) is 8.73. The number of morpholine rings is 1. The summed E-state index contributed by atoms with van der Waals surface area (Å²) in [6, 6.07) is 6.76. The number of hydrogen-bond acceptors (Lipinski definition) is 5. The second-order valence-corrected chi connectivity index (χ2v) is 6.66. The van der Waals surface area contributed by atoms with Crippen molar-refractivity contribution >= 4 is 29.0 Å². The molecule has 138 valence electrons. The number of carbonyl (C=O) groups excluding carboxylic acids is 3. The maximum atomic E-state index is 13.0. The zero-order valence-electron chi connectivity index (χ0n) is 15.2. The van der Waals surface area contributed by atoms with Crippen LogP contribution < -0.4 is 5.32 Å². The van der Waals surface area contributed by atoms with Crippen LogP contribution in [-0.4, -0.2) is 59.9 Å². The molecule has 1 fully saturated rings. The molecule has 3 amide bonds. The predicted octanol–water partition coefficient (Wildman–Crippen LogP) is 1.47. The highest BCUT2D eigenvalue weighted by molar-refractivity contribution is 6.35. The molecule has 0 spiro atoms. The molecule has 0 saturated carbocycles. The summed E-state index contributed by atoms with van der Waals surface area (Å²) in [7, 11) is 0. The molecule has 7 heteroatoms. The van der Waals surface area contributed by atoms with Gasteiger partial charge in [-0.25, -0.2) is 0 Å². The lowest BCUT2D eigenvalue weighted by molar-refractivity contribution is -0.139. The van der Waals surface area contributed by atoms with Gasteiger partial charge >= 0.3 is 0 Å². The van der Waals surface area contributed by atoms with Crippen molar-refractivity contribution < 1.29 is 19.1 Å². The van der Waals surface area contributed by atoms with Gasteiger partial charge in [-0.1, -0.05) is 12.1 Å². The summed E-state index contributed by atoms with van der Waals surface area (Å²) in [5.41, 5.74) is 2.17. The largest absolute Gasteiger partial charge is 0.378 e. The third kappa shape index (κ3) is 3.35. The van der Waals surface area contributed by atoms with Gasteiger partial charge < -0.3 is 15.0 Å². The van der Waals surface area contributed by atoms with E-state index in [4.69, 9.17) is 4.74 Å². The van der Waals surface area contributed by atoms with Crippen molar-refractivity contribution in [1.82, 2.24) is 9.80 Å². The van der Waals surface area contributed by atoms with Gasteiger partial charge in [0, 0.05) is 31.7 Å². The highest BCUT2D eigenvalue weighted by Gasteiger charge is 2.42. The Balaban J connectivity index is 2.02. The number of imide groups is 1. The van der Waals surface area contributed by atoms with Crippen LogP contribution in [0, 0.1) is 0 Å². The second kappa shape index (κ2) is 7.29. The van der Waals surface area contributed by atoms with E-state index in [1.54, 1.807) is 24.3 Å². The average Bonchev–Trinajstić information content (AvgIpc) is 2.86. The van der Waals surface area contributed by atoms with Crippen molar-refractivity contribution in [2.24, 2.45) is 0 Å². The van der Waals surface area contributed by atoms with Gasteiger partial charge in [-0.15, -0.1) is 0 Å². The standard InChI is InChI=1S/C19H23N3O4/c1-12(2)22-18(24)16(14-4-6-15(7-5-14)20-13(3)23)17(19(22)25)21-8-10-26-11-9-21/h4-7,12H,8-11H2,1-3H3,(H,20,23). The third-order valence-corrected chi connectivity index (χ3v) is 4.43. The van der Waals surface area contributed by atoms with Gasteiger partial charge in [0.1, 0.15) is 5.70 Å². The number of ether oxygens (including phenoxy) is 1. The molecule has 0 aliphatic carbocycles. The number of carbonyl (C=O) groups is 3. The van der Waals surface area contributed by atoms with E-state index in [1.165, 1.54) is 11.8 Å². The van der Waals surface area contributed by atoms with Gasteiger partial charge in [-0.3, -0.25) is 19.3 Å². The Hall–Kier alpha value is -2.67. The van der Waals surface area contributed by atoms with Gasteiger partial charge in [0.25, 0.3) is 11.8 Å². The van der Waals surface area contributed by atoms with Crippen molar-refractivity contribution in [1.29, 1.82) is 0 Å². The van der Waals surface area contributed by atoms with E-state index in [1.807, 2.05) is 18.7 Å². The quantitative estimate of drug-likeness (QED) is 0.826. The smallest absolute Gasteiger partial charge is 0.278 e. The molecule has 3 rings (SSSR count). The molecule has 7 nitrogen and oxygen atoms in total. The van der Waals surface area contributed by atoms with Crippen LogP contribution in [0.3, 0.4) is 0 Å². The Bertz CT molecular complexity index is 761. The second-order valence-electron chi connectivity index (χ2n) is 6.66. The maximum absolute atomic E-state index is 13.0. The van der Waals surface area contributed by atoms with E-state index in [0.29, 0.717) is 48.8 Å². The van der Waals surface area contributed by atoms with Crippen molar-refractivity contribution in [3.63, 3.8) is 0 Å². The summed E-state index contributed by atoms with van der Waals surface area (Å²) >= 11 is 0. The van der Waals surface area contributed by atoms with Crippen LogP contribution in [0.1, 0.15) is 26.3 Å². The van der Waals surface area contributed by atoms with Crippen molar-refractivity contribution in [2.45, 2.75) is 26.8 Å². The van der Waals surface area contributed by atoms with Crippen LogP contribution in [0.2, 0.25) is 0 Å². The van der Waals surface area contributed by atoms with Gasteiger partial charge in [0.15, 0.2) is 0 Å². The Morgan fingerprint density at radius 1 is 1.08 bits per heavy atom. The van der Waals surface area contributed by atoms with E-state index < -0.39 is 0 Å². The predicted molar refractivity (Wildman–Crippen MR) is 97.0 cm³/mol. The molecule has 1 N–H and O–H groups in total. The molecule has 2 heterocycles. The lowest BCUT2D eigenvalue weighted by atomic mass is 10.0. The van der Waals surface area contributed by atoms with Crippen molar-refractivity contribution in [3.05, 3.63) is 35.5 Å². The van der Waals surface area contributed by atoms with E-state index >= 15 is 0 Å². The van der Waals surface area contributed by atoms with Crippen molar-refractivity contribution in [3.8, 4) is 0 Å². The van der Waals surface area contributed by atoms with E-state index in [2.05, 4.69) is 5.32 Å². The number of amides is 3. The van der Waals surface area contributed by atoms with E-state index in [-0.39, 0.29) is 23.8 Å². The minimum absolute atomic E-state index is 0.163. The van der Waals surface area contributed by atoms with Gasteiger partial charge in [0.2, 0.25) is 5.91 Å². The lowest BCUT2D eigenvalue weighted by Crippen LogP contribution is -2.42. The topological polar surface area (TPSA) is 79.0 Å². The third-order valence-electron chi connectivity index (χ3n) is 4.43. The minimum Gasteiger partial charge on any atom is -0.378 e. The first-order chi connectivity index (χ1) is 12.4. The molecular formula is C19H23N3O4. The molecule has 0 aromatic heterocycles. The minimum atomic E-state index is -0.279. The van der Waals surface area contributed by atoms with Crippen LogP contribution in [0.5, 0.6) is 0 Å². The summed E-state index contributed by atoms with van der Waals surface area (Å²) in [5.74, 6) is -0.698. The number of nitrogens with zero attached hydrogens (tertiary/aromatic N) is 2. The maximum Gasteiger partial charge on any atom is 0.278 e. The Labute approximate surface area is 152 Å². The monoisotopic (exact) mass is 357 g/mol. The summed E-state index contributed by atoms with van der Waals surface area (Å²) < 4.78 is 5.38. The highest BCUT2D eigenvalue weighted by atomic mass is 16.5. The molecule has 1 aromatic rings. The number of nitrogens with one attached hydrogen (secondary N) is 1. The van der Waals surface area contributed by atoms with Crippen LogP contribution in [0.4, 0.5) is 5.69 Å². The molecule has 0 unspecified atom stereocenters. The Kier molecular flexibility index (Phi) is 5.08. The lowest BCUT2D eigenvalue weighted by Gasteiger charge is -2.30. The molecule has 1 aromatic carbocycles. The number of anilines is 1. The van der Waals surface area contributed by atoms with Crippen LogP contribution in [0.25, 0.3) is 5.57 Å². The zero-order chi connectivity index (χ0) is 18.8. The molecule has 2 aliphatic heterocycles. The SMILES string of the molecule is CC(=O)Nc1ccc(C2=C(N3CCOCC3)C(=O)N(C(C)C)C2=O)cc1. The fraction of sp³-hybridized carbons (Fsp3) is 0.421. The zero-order valence-corrected chi connectivity index (χ0v) is 15.2. The molecule has 26 heavy (non-hydrogen) atoms. The average molecular weight is 357 g/mol. The molecule has 0 radical (unpaired) electrons. The summed E-state index contributed by atoms with van der Waals surface area (Å²) in [6.07, 6.45) is 0. The molecular weight excluding hydrogens is 334 g/mol. The van der Waals surface area contributed by atoms with E-state index in [9.17, 15) is 14.4 Å². The molecule has 1 saturated heterocycles. The van der Waals surface area contributed by atoms with Crippen LogP contribution in [-0.2, 0) is 19.1 Å². The highest BCUT2D eigenvalue weighted by Crippen LogP contribution is 2.33.